The summed E-state index contributed by atoms with van der Waals surface area (Å²) in [6.45, 7) is 1.86. The number of aromatic nitrogens is 6. The Morgan fingerprint density at radius 1 is 1.03 bits per heavy atom. The fourth-order valence-electron chi connectivity index (χ4n) is 3.00. The highest BCUT2D eigenvalue weighted by atomic mass is 16.1. The van der Waals surface area contributed by atoms with Crippen molar-refractivity contribution in [2.45, 2.75) is 32.4 Å². The van der Waals surface area contributed by atoms with Crippen LogP contribution in [0.2, 0.25) is 0 Å². The minimum atomic E-state index is 0.0302. The molecule has 0 radical (unpaired) electrons. The number of nitrogens with one attached hydrogen (secondary N) is 2. The molecule has 4 heterocycles. The maximum absolute atomic E-state index is 12.0. The number of nitrogens with zero attached hydrogens (tertiary/aromatic N) is 7. The van der Waals surface area contributed by atoms with Gasteiger partial charge in [-0.15, -0.1) is 0 Å². The van der Waals surface area contributed by atoms with Crippen LogP contribution in [0, 0.1) is 0 Å². The van der Waals surface area contributed by atoms with Gasteiger partial charge in [0.05, 0.1) is 41.8 Å². The van der Waals surface area contributed by atoms with Gasteiger partial charge in [0, 0.05) is 32.3 Å². The largest absolute Gasteiger partial charge is 0.394 e. The van der Waals surface area contributed by atoms with Crippen LogP contribution in [0.1, 0.15) is 19.3 Å². The lowest BCUT2D eigenvalue weighted by Gasteiger charge is -2.17. The van der Waals surface area contributed by atoms with E-state index in [9.17, 15) is 4.79 Å². The molecular formula is C17H23N11O. The Kier molecular flexibility index (Phi) is 5.24. The molecule has 0 unspecified atom stereocenters. The zero-order valence-electron chi connectivity index (χ0n) is 15.8. The first-order valence-corrected chi connectivity index (χ1v) is 9.34. The Bertz CT molecular complexity index is 995. The molecule has 1 aliphatic rings. The quantitative estimate of drug-likeness (QED) is 0.396. The smallest absolute Gasteiger partial charge is 0.229 e. The third-order valence-corrected chi connectivity index (χ3v) is 4.49. The van der Waals surface area contributed by atoms with E-state index in [0.29, 0.717) is 55.6 Å². The number of hydrogen-bond donors (Lipinski definition) is 4. The van der Waals surface area contributed by atoms with E-state index in [0.717, 1.165) is 12.1 Å². The Morgan fingerprint density at radius 2 is 1.83 bits per heavy atom. The molecule has 3 aromatic rings. The van der Waals surface area contributed by atoms with Gasteiger partial charge in [-0.25, -0.2) is 10.8 Å². The number of rotatable bonds is 0. The third-order valence-electron chi connectivity index (χ3n) is 4.49. The van der Waals surface area contributed by atoms with Crippen molar-refractivity contribution in [3.63, 3.8) is 0 Å². The van der Waals surface area contributed by atoms with Gasteiger partial charge in [0.1, 0.15) is 0 Å². The summed E-state index contributed by atoms with van der Waals surface area (Å²) in [5, 5.41) is 16.0. The van der Waals surface area contributed by atoms with Crippen LogP contribution >= 0.6 is 0 Å². The number of hydrazine groups is 1. The Hall–Kier alpha value is -3.67. The van der Waals surface area contributed by atoms with Gasteiger partial charge in [-0.05, 0) is 12.8 Å². The molecule has 1 aliphatic heterocycles. The van der Waals surface area contributed by atoms with Crippen molar-refractivity contribution in [2.24, 2.45) is 5.84 Å². The Labute approximate surface area is 166 Å². The first kappa shape index (κ1) is 18.7. The molecule has 0 atom stereocenters. The normalized spacial score (nSPS) is 15.6. The molecule has 3 aromatic heterocycles. The molecule has 0 aliphatic carbocycles. The van der Waals surface area contributed by atoms with Gasteiger partial charge in [-0.3, -0.25) is 19.2 Å². The fourth-order valence-corrected chi connectivity index (χ4v) is 3.00. The molecule has 6 bridgehead atoms. The molecule has 12 heteroatoms. The topological polar surface area (TPSA) is 158 Å². The molecular weight excluding hydrogens is 374 g/mol. The lowest BCUT2D eigenvalue weighted by Crippen LogP contribution is -2.27. The van der Waals surface area contributed by atoms with Crippen LogP contribution in [0.15, 0.2) is 31.0 Å². The first-order chi connectivity index (χ1) is 14.1. The van der Waals surface area contributed by atoms with Crippen molar-refractivity contribution in [1.82, 2.24) is 34.8 Å². The summed E-state index contributed by atoms with van der Waals surface area (Å²) in [6.07, 6.45) is 10.3. The number of carbonyl (C=O) groups excluding carboxylic acids is 1. The van der Waals surface area contributed by atoms with Crippen molar-refractivity contribution < 1.29 is 4.79 Å². The van der Waals surface area contributed by atoms with E-state index < -0.39 is 0 Å². The second-order valence-electron chi connectivity index (χ2n) is 6.73. The average Bonchev–Trinajstić information content (AvgIpc) is 3.35. The van der Waals surface area contributed by atoms with Crippen LogP contribution in [-0.2, 0) is 17.9 Å². The summed E-state index contributed by atoms with van der Waals surface area (Å²) >= 11 is 0. The van der Waals surface area contributed by atoms with E-state index in [1.165, 1.54) is 11.2 Å². The monoisotopic (exact) mass is 397 g/mol. The van der Waals surface area contributed by atoms with Crippen molar-refractivity contribution in [3.05, 3.63) is 31.0 Å². The summed E-state index contributed by atoms with van der Waals surface area (Å²) < 4.78 is 3.53. The highest BCUT2D eigenvalue weighted by molar-refractivity contribution is 5.75. The van der Waals surface area contributed by atoms with Gasteiger partial charge in [0.15, 0.2) is 5.82 Å². The highest BCUT2D eigenvalue weighted by Crippen LogP contribution is 2.26. The number of anilines is 5. The van der Waals surface area contributed by atoms with E-state index in [1.807, 2.05) is 6.20 Å². The standard InChI is InChI=1S/C17H23N11O/c18-14-9-21-17-24-12-7-22-26(10-12)5-1-3-15(29)20-4-2-6-27-11-13(8-23-27)28(19)16(14)25-17/h7-11H,1-6,18-19H2,(H,20,29)(H,21,24,25). The molecule has 0 saturated heterocycles. The SMILES string of the molecule is Nc1cnc2nc1N(N)c1cnn(c1)CCCNC(=O)CCCn1cc(cn1)N2. The first-order valence-electron chi connectivity index (χ1n) is 9.34. The van der Waals surface area contributed by atoms with Crippen LogP contribution in [0.4, 0.5) is 28.8 Å². The minimum Gasteiger partial charge on any atom is -0.394 e. The molecule has 29 heavy (non-hydrogen) atoms. The number of nitrogens with two attached hydrogens (primary N) is 2. The number of carbonyl (C=O) groups is 1. The zero-order chi connectivity index (χ0) is 20.2. The molecule has 0 saturated carbocycles. The maximum atomic E-state index is 12.0. The molecule has 0 aromatic carbocycles. The molecule has 1 amide bonds. The van der Waals surface area contributed by atoms with Crippen LogP contribution in [0.3, 0.4) is 0 Å². The number of fused-ring (bicyclic) bond motifs is 6. The molecule has 12 nitrogen and oxygen atoms in total. The lowest BCUT2D eigenvalue weighted by atomic mass is 10.3. The fraction of sp³-hybridized carbons (Fsp3) is 0.353. The average molecular weight is 397 g/mol. The van der Waals surface area contributed by atoms with Crippen LogP contribution < -0.4 is 27.2 Å². The van der Waals surface area contributed by atoms with Crippen LogP contribution in [0.25, 0.3) is 0 Å². The van der Waals surface area contributed by atoms with Gasteiger partial charge in [0.2, 0.25) is 11.9 Å². The van der Waals surface area contributed by atoms with E-state index in [1.54, 1.807) is 28.0 Å². The lowest BCUT2D eigenvalue weighted by molar-refractivity contribution is -0.121. The maximum Gasteiger partial charge on any atom is 0.229 e. The molecule has 0 fully saturated rings. The minimum absolute atomic E-state index is 0.0302. The molecule has 0 spiro atoms. The summed E-state index contributed by atoms with van der Waals surface area (Å²) in [6, 6.07) is 0. The van der Waals surface area contributed by atoms with Crippen molar-refractivity contribution in [1.29, 1.82) is 0 Å². The Balaban J connectivity index is 1.61. The van der Waals surface area contributed by atoms with Gasteiger partial charge < -0.3 is 16.4 Å². The van der Waals surface area contributed by atoms with Crippen molar-refractivity contribution in [3.8, 4) is 0 Å². The van der Waals surface area contributed by atoms with Crippen molar-refractivity contribution >= 4 is 34.7 Å². The van der Waals surface area contributed by atoms with Gasteiger partial charge in [-0.2, -0.15) is 15.2 Å². The number of aryl methyl sites for hydroxylation is 2. The third kappa shape index (κ3) is 4.43. The summed E-state index contributed by atoms with van der Waals surface area (Å²) in [4.78, 5) is 20.6. The predicted molar refractivity (Wildman–Crippen MR) is 107 cm³/mol. The van der Waals surface area contributed by atoms with Gasteiger partial charge in [0.25, 0.3) is 0 Å². The van der Waals surface area contributed by atoms with Gasteiger partial charge >= 0.3 is 0 Å². The second kappa shape index (κ2) is 8.14. The summed E-state index contributed by atoms with van der Waals surface area (Å²) in [7, 11) is 0. The summed E-state index contributed by atoms with van der Waals surface area (Å²) in [5.41, 5.74) is 7.73. The molecule has 4 rings (SSSR count). The summed E-state index contributed by atoms with van der Waals surface area (Å²) in [5.74, 6) is 6.96. The number of nitrogen functional groups attached to an aromatic ring is 1. The van der Waals surface area contributed by atoms with E-state index in [4.69, 9.17) is 11.6 Å². The second-order valence-corrected chi connectivity index (χ2v) is 6.73. The number of hydrogen-bond acceptors (Lipinski definition) is 9. The molecule has 6 N–H and O–H groups in total. The van der Waals surface area contributed by atoms with Crippen molar-refractivity contribution in [2.75, 3.05) is 22.6 Å². The zero-order valence-corrected chi connectivity index (χ0v) is 15.8. The van der Waals surface area contributed by atoms with Crippen LogP contribution in [0.5, 0.6) is 0 Å². The Morgan fingerprint density at radius 3 is 2.72 bits per heavy atom. The van der Waals surface area contributed by atoms with E-state index in [-0.39, 0.29) is 5.91 Å². The van der Waals surface area contributed by atoms with E-state index in [2.05, 4.69) is 30.8 Å². The van der Waals surface area contributed by atoms with Gasteiger partial charge in [-0.1, -0.05) is 0 Å². The molecule has 152 valence electrons. The predicted octanol–water partition coefficient (Wildman–Crippen LogP) is 0.507. The highest BCUT2D eigenvalue weighted by Gasteiger charge is 2.15. The van der Waals surface area contributed by atoms with E-state index >= 15 is 0 Å². The number of amides is 1. The van der Waals surface area contributed by atoms with Crippen LogP contribution in [-0.4, -0.2) is 42.0 Å².